The largest absolute Gasteiger partial charge is 0.492 e. The van der Waals surface area contributed by atoms with Crippen LogP contribution < -0.4 is 9.47 Å². The highest BCUT2D eigenvalue weighted by molar-refractivity contribution is 5.94. The van der Waals surface area contributed by atoms with E-state index in [9.17, 15) is 5.11 Å². The Hall–Kier alpha value is -3.28. The van der Waals surface area contributed by atoms with Crippen LogP contribution >= 0.6 is 0 Å². The molecule has 0 amide bonds. The Morgan fingerprint density at radius 3 is 2.51 bits per heavy atom. The minimum absolute atomic E-state index is 0.0343. The van der Waals surface area contributed by atoms with E-state index in [0.717, 1.165) is 53.2 Å². The number of rotatable bonds is 7. The molecule has 180 valence electrons. The van der Waals surface area contributed by atoms with E-state index < -0.39 is 0 Å². The van der Waals surface area contributed by atoms with E-state index in [2.05, 4.69) is 58.0 Å². The van der Waals surface area contributed by atoms with Crippen LogP contribution in [0.3, 0.4) is 0 Å². The summed E-state index contributed by atoms with van der Waals surface area (Å²) in [5.74, 6) is 1.85. The molecule has 1 aromatic heterocycles. The summed E-state index contributed by atoms with van der Waals surface area (Å²) in [4.78, 5) is 2.50. The standard InChI is InChI=1S/C30H32N2O3/c33-20-23-10-13-28-26(18-23)27-21-35-29-7-3-2-6-25(29)30(27)32(28)19-22-8-11-24(12-9-22)34-17-16-31-14-4-1-5-15-31/h2-3,6-13,18,33H,1,4-5,14-17,19-21H2. The SMILES string of the molecule is OCc1ccc2c(c1)c1c(n2Cc2ccc(OCCN3CCCCC3)cc2)-c2ccccc2OC1. The van der Waals surface area contributed by atoms with Gasteiger partial charge in [0.05, 0.1) is 12.3 Å². The minimum atomic E-state index is 0.0343. The molecule has 3 aromatic carbocycles. The molecule has 1 fully saturated rings. The minimum Gasteiger partial charge on any atom is -0.492 e. The third-order valence-electron chi connectivity index (χ3n) is 7.32. The molecule has 0 aliphatic carbocycles. The molecule has 0 bridgehead atoms. The van der Waals surface area contributed by atoms with Gasteiger partial charge in [-0.15, -0.1) is 0 Å². The van der Waals surface area contributed by atoms with Gasteiger partial charge in [-0.3, -0.25) is 4.90 Å². The predicted octanol–water partition coefficient (Wildman–Crippen LogP) is 5.61. The van der Waals surface area contributed by atoms with Crippen molar-refractivity contribution in [3.8, 4) is 22.8 Å². The average molecular weight is 469 g/mol. The number of hydrogen-bond acceptors (Lipinski definition) is 4. The van der Waals surface area contributed by atoms with Gasteiger partial charge in [0.2, 0.25) is 0 Å². The van der Waals surface area contributed by atoms with E-state index >= 15 is 0 Å². The molecule has 0 saturated carbocycles. The van der Waals surface area contributed by atoms with E-state index in [1.165, 1.54) is 49.2 Å². The summed E-state index contributed by atoms with van der Waals surface area (Å²) in [5.41, 5.74) is 6.82. The van der Waals surface area contributed by atoms with Crippen molar-refractivity contribution in [1.82, 2.24) is 9.47 Å². The highest BCUT2D eigenvalue weighted by Gasteiger charge is 2.25. The Labute approximate surface area is 206 Å². The Morgan fingerprint density at radius 2 is 1.69 bits per heavy atom. The zero-order chi connectivity index (χ0) is 23.6. The second kappa shape index (κ2) is 9.76. The van der Waals surface area contributed by atoms with Gasteiger partial charge >= 0.3 is 0 Å². The number of aliphatic hydroxyl groups excluding tert-OH is 1. The van der Waals surface area contributed by atoms with Crippen molar-refractivity contribution in [3.05, 3.63) is 83.4 Å². The maximum absolute atomic E-state index is 9.71. The fourth-order valence-corrected chi connectivity index (χ4v) is 5.48. The van der Waals surface area contributed by atoms with Crippen LogP contribution in [-0.2, 0) is 19.8 Å². The van der Waals surface area contributed by atoms with Crippen molar-refractivity contribution in [1.29, 1.82) is 0 Å². The first kappa shape index (κ1) is 22.2. The molecule has 6 rings (SSSR count). The van der Waals surface area contributed by atoms with Crippen LogP contribution in [0, 0.1) is 0 Å². The molecule has 1 saturated heterocycles. The van der Waals surface area contributed by atoms with Crippen molar-refractivity contribution >= 4 is 10.9 Å². The molecular weight excluding hydrogens is 436 g/mol. The summed E-state index contributed by atoms with van der Waals surface area (Å²) < 4.78 is 14.5. The Bertz CT molecular complexity index is 1320. The summed E-state index contributed by atoms with van der Waals surface area (Å²) in [6.45, 7) is 5.46. The van der Waals surface area contributed by atoms with Gasteiger partial charge in [-0.25, -0.2) is 0 Å². The second-order valence-electron chi connectivity index (χ2n) is 9.60. The third-order valence-corrected chi connectivity index (χ3v) is 7.32. The van der Waals surface area contributed by atoms with Gasteiger partial charge in [0.15, 0.2) is 0 Å². The number of fused-ring (bicyclic) bond motifs is 5. The molecule has 5 heteroatoms. The van der Waals surface area contributed by atoms with Gasteiger partial charge in [0, 0.05) is 35.1 Å². The van der Waals surface area contributed by atoms with Gasteiger partial charge in [-0.2, -0.15) is 0 Å². The number of hydrogen-bond donors (Lipinski definition) is 1. The first-order valence-corrected chi connectivity index (χ1v) is 12.7. The second-order valence-corrected chi connectivity index (χ2v) is 9.60. The summed E-state index contributed by atoms with van der Waals surface area (Å²) in [7, 11) is 0. The predicted molar refractivity (Wildman–Crippen MR) is 139 cm³/mol. The lowest BCUT2D eigenvalue weighted by Gasteiger charge is -2.26. The van der Waals surface area contributed by atoms with Crippen LogP contribution in [0.15, 0.2) is 66.7 Å². The number of aliphatic hydroxyl groups is 1. The topological polar surface area (TPSA) is 46.9 Å². The smallest absolute Gasteiger partial charge is 0.129 e. The van der Waals surface area contributed by atoms with Crippen molar-refractivity contribution in [2.45, 2.75) is 39.0 Å². The summed E-state index contributed by atoms with van der Waals surface area (Å²) in [5, 5.41) is 10.9. The first-order valence-electron chi connectivity index (χ1n) is 12.7. The molecule has 0 spiro atoms. The Morgan fingerprint density at radius 1 is 0.886 bits per heavy atom. The lowest BCUT2D eigenvalue weighted by Crippen LogP contribution is -2.33. The average Bonchev–Trinajstić information content (AvgIpc) is 3.23. The van der Waals surface area contributed by atoms with E-state index in [1.54, 1.807) is 0 Å². The molecule has 4 aromatic rings. The van der Waals surface area contributed by atoms with Gasteiger partial charge in [-0.05, 0) is 73.5 Å². The van der Waals surface area contributed by atoms with Crippen molar-refractivity contribution in [3.63, 3.8) is 0 Å². The summed E-state index contributed by atoms with van der Waals surface area (Å²) in [6, 6.07) is 23.0. The third kappa shape index (κ3) is 4.42. The molecule has 0 unspecified atom stereocenters. The van der Waals surface area contributed by atoms with Gasteiger partial charge in [0.25, 0.3) is 0 Å². The molecular formula is C30H32N2O3. The monoisotopic (exact) mass is 468 g/mol. The van der Waals surface area contributed by atoms with Crippen LogP contribution in [0.1, 0.15) is 36.0 Å². The van der Waals surface area contributed by atoms with E-state index in [1.807, 2.05) is 18.2 Å². The Kier molecular flexibility index (Phi) is 6.19. The quantitative estimate of drug-likeness (QED) is 0.383. The maximum Gasteiger partial charge on any atom is 0.129 e. The van der Waals surface area contributed by atoms with E-state index in [4.69, 9.17) is 9.47 Å². The number of benzene rings is 3. The van der Waals surface area contributed by atoms with E-state index in [0.29, 0.717) is 6.61 Å². The highest BCUT2D eigenvalue weighted by Crippen LogP contribution is 2.43. The fourth-order valence-electron chi connectivity index (χ4n) is 5.48. The van der Waals surface area contributed by atoms with Crippen molar-refractivity contribution < 1.29 is 14.6 Å². The number of ether oxygens (including phenoxy) is 2. The van der Waals surface area contributed by atoms with Crippen LogP contribution in [-0.4, -0.2) is 40.8 Å². The number of aromatic nitrogens is 1. The summed E-state index contributed by atoms with van der Waals surface area (Å²) >= 11 is 0. The number of para-hydroxylation sites is 1. The van der Waals surface area contributed by atoms with Crippen LogP contribution in [0.4, 0.5) is 0 Å². The normalized spacial score (nSPS) is 15.5. The zero-order valence-corrected chi connectivity index (χ0v) is 20.1. The van der Waals surface area contributed by atoms with Gasteiger partial charge in [0.1, 0.15) is 24.7 Å². The maximum atomic E-state index is 9.71. The molecule has 35 heavy (non-hydrogen) atoms. The highest BCUT2D eigenvalue weighted by atomic mass is 16.5. The van der Waals surface area contributed by atoms with E-state index in [-0.39, 0.29) is 6.61 Å². The first-order chi connectivity index (χ1) is 17.3. The molecule has 2 aliphatic heterocycles. The molecule has 0 radical (unpaired) electrons. The van der Waals surface area contributed by atoms with Crippen LogP contribution in [0.25, 0.3) is 22.2 Å². The van der Waals surface area contributed by atoms with Crippen molar-refractivity contribution in [2.24, 2.45) is 0 Å². The number of nitrogens with zero attached hydrogens (tertiary/aromatic N) is 2. The van der Waals surface area contributed by atoms with Crippen LogP contribution in [0.5, 0.6) is 11.5 Å². The van der Waals surface area contributed by atoms with Crippen LogP contribution in [0.2, 0.25) is 0 Å². The molecule has 5 nitrogen and oxygen atoms in total. The molecule has 0 atom stereocenters. The molecule has 1 N–H and O–H groups in total. The summed E-state index contributed by atoms with van der Waals surface area (Å²) in [6.07, 6.45) is 3.98. The molecule has 2 aliphatic rings. The fraction of sp³-hybridized carbons (Fsp3) is 0.333. The lowest BCUT2D eigenvalue weighted by molar-refractivity contribution is 0.183. The van der Waals surface area contributed by atoms with Gasteiger partial charge < -0.3 is 19.1 Å². The van der Waals surface area contributed by atoms with Gasteiger partial charge in [-0.1, -0.05) is 36.8 Å². The Balaban J connectivity index is 1.26. The van der Waals surface area contributed by atoms with Crippen molar-refractivity contribution in [2.75, 3.05) is 26.2 Å². The lowest BCUT2D eigenvalue weighted by atomic mass is 10.0. The zero-order valence-electron chi connectivity index (χ0n) is 20.1. The molecule has 3 heterocycles. The number of piperidine rings is 1. The number of likely N-dealkylation sites (tertiary alicyclic amines) is 1.